The molecule has 1 aromatic heterocycles. The summed E-state index contributed by atoms with van der Waals surface area (Å²) in [5.74, 6) is 0. The molecule has 0 radical (unpaired) electrons. The van der Waals surface area contributed by atoms with Crippen LogP contribution in [-0.2, 0) is 0 Å². The van der Waals surface area contributed by atoms with Crippen molar-refractivity contribution in [2.24, 2.45) is 0 Å². The van der Waals surface area contributed by atoms with Crippen LogP contribution in [0.4, 0.5) is 0 Å². The summed E-state index contributed by atoms with van der Waals surface area (Å²) in [5.41, 5.74) is 0. The number of nitrogens with zero attached hydrogens (tertiary/aromatic N) is 3. The molecule has 2 rings (SSSR count). The monoisotopic (exact) mass is 205 g/mol. The Hall–Kier alpha value is -0.610. The van der Waals surface area contributed by atoms with Gasteiger partial charge in [0, 0.05) is 0 Å². The van der Waals surface area contributed by atoms with Crippen LogP contribution in [0.3, 0.4) is 0 Å². The van der Waals surface area contributed by atoms with Gasteiger partial charge >= 0.3 is 6.01 Å². The summed E-state index contributed by atoms with van der Waals surface area (Å²) < 4.78 is 5.26. The van der Waals surface area contributed by atoms with Crippen LogP contribution >= 0.6 is 23.2 Å². The van der Waals surface area contributed by atoms with Gasteiger partial charge in [-0.2, -0.15) is 15.0 Å². The molecule has 0 aliphatic heterocycles. The maximum atomic E-state index is 5.53. The minimum absolute atomic E-state index is 0.0608. The minimum atomic E-state index is 0.0608. The van der Waals surface area contributed by atoms with E-state index in [-0.39, 0.29) is 22.7 Å². The van der Waals surface area contributed by atoms with Crippen molar-refractivity contribution in [2.75, 3.05) is 0 Å². The average molecular weight is 206 g/mol. The van der Waals surface area contributed by atoms with Crippen molar-refractivity contribution in [3.63, 3.8) is 0 Å². The fourth-order valence-corrected chi connectivity index (χ4v) is 1.04. The molecule has 0 aromatic carbocycles. The summed E-state index contributed by atoms with van der Waals surface area (Å²) in [4.78, 5) is 11.1. The Morgan fingerprint density at radius 1 is 1.08 bits per heavy atom. The van der Waals surface area contributed by atoms with Crippen LogP contribution in [0.25, 0.3) is 0 Å². The third kappa shape index (κ3) is 1.95. The first-order valence-corrected chi connectivity index (χ1v) is 4.23. The smallest absolute Gasteiger partial charge is 0.322 e. The summed E-state index contributed by atoms with van der Waals surface area (Å²) in [7, 11) is 0. The van der Waals surface area contributed by atoms with E-state index >= 15 is 0 Å². The van der Waals surface area contributed by atoms with Crippen LogP contribution in [0.1, 0.15) is 12.8 Å². The van der Waals surface area contributed by atoms with Gasteiger partial charge < -0.3 is 4.74 Å². The van der Waals surface area contributed by atoms with E-state index in [9.17, 15) is 0 Å². The molecule has 4 nitrogen and oxygen atoms in total. The lowest BCUT2D eigenvalue weighted by molar-refractivity contribution is 0.277. The van der Waals surface area contributed by atoms with Crippen LogP contribution in [0, 0.1) is 0 Å². The maximum Gasteiger partial charge on any atom is 0.322 e. The van der Waals surface area contributed by atoms with Crippen molar-refractivity contribution in [3.05, 3.63) is 10.6 Å². The van der Waals surface area contributed by atoms with Gasteiger partial charge in [0.25, 0.3) is 0 Å². The topological polar surface area (TPSA) is 47.9 Å². The standard InChI is InChI=1S/C6H5Cl2N3O/c7-4-9-5(8)11-6(10-4)12-3-1-2-3/h3H,1-2H2. The summed E-state index contributed by atoms with van der Waals surface area (Å²) >= 11 is 11.1. The molecule has 0 unspecified atom stereocenters. The van der Waals surface area contributed by atoms with Crippen molar-refractivity contribution in [1.82, 2.24) is 15.0 Å². The molecule has 1 saturated carbocycles. The molecule has 1 aliphatic rings. The molecule has 1 heterocycles. The number of hydrogen-bond acceptors (Lipinski definition) is 4. The van der Waals surface area contributed by atoms with Gasteiger partial charge in [0.15, 0.2) is 0 Å². The van der Waals surface area contributed by atoms with Crippen molar-refractivity contribution >= 4 is 23.2 Å². The maximum absolute atomic E-state index is 5.53. The highest BCUT2D eigenvalue weighted by Gasteiger charge is 2.25. The molecular weight excluding hydrogens is 201 g/mol. The largest absolute Gasteiger partial charge is 0.460 e. The molecule has 12 heavy (non-hydrogen) atoms. The summed E-state index contributed by atoms with van der Waals surface area (Å²) in [6, 6.07) is 0.211. The van der Waals surface area contributed by atoms with E-state index in [0.29, 0.717) is 0 Å². The van der Waals surface area contributed by atoms with Crippen LogP contribution in [0.2, 0.25) is 10.6 Å². The van der Waals surface area contributed by atoms with E-state index in [1.165, 1.54) is 0 Å². The van der Waals surface area contributed by atoms with Crippen LogP contribution in [-0.4, -0.2) is 21.1 Å². The van der Waals surface area contributed by atoms with E-state index in [1.54, 1.807) is 0 Å². The molecule has 0 N–H and O–H groups in total. The lowest BCUT2D eigenvalue weighted by Gasteiger charge is -2.00. The molecule has 0 bridgehead atoms. The molecule has 0 saturated heterocycles. The second-order valence-corrected chi connectivity index (χ2v) is 3.15. The zero-order valence-electron chi connectivity index (χ0n) is 6.00. The Kier molecular flexibility index (Phi) is 2.02. The van der Waals surface area contributed by atoms with Gasteiger partial charge in [-0.3, -0.25) is 0 Å². The van der Waals surface area contributed by atoms with E-state index < -0.39 is 0 Å². The second kappa shape index (κ2) is 3.03. The van der Waals surface area contributed by atoms with E-state index in [4.69, 9.17) is 27.9 Å². The zero-order chi connectivity index (χ0) is 8.55. The highest BCUT2D eigenvalue weighted by Crippen LogP contribution is 2.25. The van der Waals surface area contributed by atoms with Gasteiger partial charge in [-0.15, -0.1) is 0 Å². The number of halogens is 2. The SMILES string of the molecule is Clc1nc(Cl)nc(OC2CC2)n1. The van der Waals surface area contributed by atoms with Gasteiger partial charge in [-0.1, -0.05) is 0 Å². The highest BCUT2D eigenvalue weighted by atomic mass is 35.5. The predicted molar refractivity (Wildman–Crippen MR) is 43.5 cm³/mol. The van der Waals surface area contributed by atoms with Gasteiger partial charge in [0.2, 0.25) is 10.6 Å². The van der Waals surface area contributed by atoms with Crippen molar-refractivity contribution in [1.29, 1.82) is 0 Å². The Balaban J connectivity index is 2.18. The molecule has 1 aliphatic carbocycles. The molecule has 64 valence electrons. The molecule has 0 atom stereocenters. The fourth-order valence-electron chi connectivity index (χ4n) is 0.697. The van der Waals surface area contributed by atoms with E-state index in [2.05, 4.69) is 15.0 Å². The number of hydrogen-bond donors (Lipinski definition) is 0. The van der Waals surface area contributed by atoms with Gasteiger partial charge in [0.1, 0.15) is 6.10 Å². The average Bonchev–Trinajstić information content (AvgIpc) is 2.68. The Bertz CT molecular complexity index is 283. The van der Waals surface area contributed by atoms with Gasteiger partial charge in [-0.05, 0) is 36.0 Å². The molecule has 1 fully saturated rings. The highest BCUT2D eigenvalue weighted by molar-refractivity contribution is 6.31. The number of aromatic nitrogens is 3. The zero-order valence-corrected chi connectivity index (χ0v) is 7.51. The first-order chi connectivity index (χ1) is 5.74. The normalized spacial score (nSPS) is 16.2. The second-order valence-electron chi connectivity index (χ2n) is 2.47. The first kappa shape index (κ1) is 8.01. The summed E-state index contributed by atoms with van der Waals surface area (Å²) in [6.45, 7) is 0. The molecule has 6 heteroatoms. The van der Waals surface area contributed by atoms with Crippen molar-refractivity contribution in [3.8, 4) is 6.01 Å². The molecule has 1 aromatic rings. The summed E-state index contributed by atoms with van der Waals surface area (Å²) in [6.07, 6.45) is 2.32. The van der Waals surface area contributed by atoms with Gasteiger partial charge in [-0.25, -0.2) is 0 Å². The molecule has 0 spiro atoms. The van der Waals surface area contributed by atoms with Crippen molar-refractivity contribution < 1.29 is 4.74 Å². The Labute approximate surface area is 78.9 Å². The molecular formula is C6H5Cl2N3O. The van der Waals surface area contributed by atoms with Crippen LogP contribution in [0.5, 0.6) is 6.01 Å². The third-order valence-corrected chi connectivity index (χ3v) is 1.69. The van der Waals surface area contributed by atoms with Crippen LogP contribution < -0.4 is 4.74 Å². The molecule has 0 amide bonds. The van der Waals surface area contributed by atoms with Gasteiger partial charge in [0.05, 0.1) is 0 Å². The van der Waals surface area contributed by atoms with Crippen LogP contribution in [0.15, 0.2) is 0 Å². The quantitative estimate of drug-likeness (QED) is 0.738. The summed E-state index contributed by atoms with van der Waals surface area (Å²) in [5, 5.41) is 0.122. The minimum Gasteiger partial charge on any atom is -0.460 e. The third-order valence-electron chi connectivity index (χ3n) is 1.36. The van der Waals surface area contributed by atoms with Crippen molar-refractivity contribution in [2.45, 2.75) is 18.9 Å². The lowest BCUT2D eigenvalue weighted by Crippen LogP contribution is -2.02. The lowest BCUT2D eigenvalue weighted by atomic mass is 10.8. The van der Waals surface area contributed by atoms with E-state index in [0.717, 1.165) is 12.8 Å². The predicted octanol–water partition coefficient (Wildman–Crippen LogP) is 1.72. The fraction of sp³-hybridized carbons (Fsp3) is 0.500. The number of ether oxygens (including phenoxy) is 1. The Morgan fingerprint density at radius 3 is 2.17 bits per heavy atom. The van der Waals surface area contributed by atoms with E-state index in [1.807, 2.05) is 0 Å². The number of rotatable bonds is 2. The Morgan fingerprint density at radius 2 is 1.67 bits per heavy atom. The first-order valence-electron chi connectivity index (χ1n) is 3.48.